The summed E-state index contributed by atoms with van der Waals surface area (Å²) < 4.78 is 2.51. The van der Waals surface area contributed by atoms with Gasteiger partial charge in [0.2, 0.25) is 6.41 Å². The van der Waals surface area contributed by atoms with Gasteiger partial charge in [0, 0.05) is 23.8 Å². The summed E-state index contributed by atoms with van der Waals surface area (Å²) in [5.41, 5.74) is 9.52. The van der Waals surface area contributed by atoms with Crippen molar-refractivity contribution < 1.29 is 9.90 Å². The molecule has 1 unspecified atom stereocenters. The Labute approximate surface area is 251 Å². The van der Waals surface area contributed by atoms with Crippen LogP contribution in [-0.4, -0.2) is 27.7 Å². The molecule has 0 radical (unpaired) electrons. The second-order valence-corrected chi connectivity index (χ2v) is 12.3. The number of nitrogens with zero attached hydrogens (tertiary/aromatic N) is 2. The largest absolute Gasteiger partial charge is 0.394 e. The fourth-order valence-corrected chi connectivity index (χ4v) is 7.09. The maximum Gasteiger partial charge on any atom is 0.207 e. The van der Waals surface area contributed by atoms with E-state index in [9.17, 15) is 4.79 Å². The number of aromatic nitrogens is 2. The Morgan fingerprint density at radius 2 is 1.64 bits per heavy atom. The van der Waals surface area contributed by atoms with Crippen LogP contribution in [0.5, 0.6) is 0 Å². The van der Waals surface area contributed by atoms with Crippen molar-refractivity contribution in [1.29, 1.82) is 0 Å². The summed E-state index contributed by atoms with van der Waals surface area (Å²) in [5, 5.41) is 12.8. The normalized spacial score (nSPS) is 16.9. The molecular weight excluding hydrogens is 518 g/mol. The van der Waals surface area contributed by atoms with E-state index in [1.165, 1.54) is 97.6 Å². The first-order valence-electron chi connectivity index (χ1n) is 16.0. The minimum absolute atomic E-state index is 0.0806. The number of fused-ring (bicyclic) bond motifs is 3. The Hall–Kier alpha value is -3.44. The number of benzene rings is 2. The lowest BCUT2D eigenvalue weighted by molar-refractivity contribution is -0.110. The maximum absolute atomic E-state index is 10.1. The van der Waals surface area contributed by atoms with E-state index in [2.05, 4.69) is 54.1 Å². The first kappa shape index (κ1) is 30.0. The molecule has 2 aliphatic carbocycles. The molecule has 0 saturated heterocycles. The molecule has 2 N–H and O–H groups in total. The summed E-state index contributed by atoms with van der Waals surface area (Å²) in [4.78, 5) is 14.9. The fraction of sp³-hybridized carbons (Fsp3) is 0.459. The highest BCUT2D eigenvalue weighted by Crippen LogP contribution is 2.36. The van der Waals surface area contributed by atoms with Crippen LogP contribution in [0.4, 0.5) is 0 Å². The predicted molar refractivity (Wildman–Crippen MR) is 172 cm³/mol. The molecule has 222 valence electrons. The SMILES string of the molecule is Cc1ccnc2c1c1c(n2Cc2ccc(C(C)C3CCCCCC3)cc2)CCCC1.O=CN[C@@H](CO)c1ccccc1. The van der Waals surface area contributed by atoms with Crippen LogP contribution in [0, 0.1) is 12.8 Å². The molecule has 5 nitrogen and oxygen atoms in total. The molecule has 2 aromatic heterocycles. The van der Waals surface area contributed by atoms with E-state index < -0.39 is 0 Å². The van der Waals surface area contributed by atoms with Crippen LogP contribution in [0.1, 0.15) is 104 Å². The van der Waals surface area contributed by atoms with Crippen molar-refractivity contribution in [3.05, 3.63) is 100 Å². The molecule has 0 spiro atoms. The van der Waals surface area contributed by atoms with Crippen LogP contribution in [0.3, 0.4) is 0 Å². The molecule has 1 saturated carbocycles. The Balaban J connectivity index is 0.000000248. The topological polar surface area (TPSA) is 67.2 Å². The third kappa shape index (κ3) is 6.95. The zero-order valence-corrected chi connectivity index (χ0v) is 25.4. The highest BCUT2D eigenvalue weighted by molar-refractivity contribution is 5.86. The van der Waals surface area contributed by atoms with Gasteiger partial charge in [-0.15, -0.1) is 0 Å². The van der Waals surface area contributed by atoms with E-state index in [-0.39, 0.29) is 12.6 Å². The summed E-state index contributed by atoms with van der Waals surface area (Å²) in [7, 11) is 0. The van der Waals surface area contributed by atoms with Crippen LogP contribution in [0.15, 0.2) is 66.9 Å². The number of aliphatic hydroxyl groups excluding tert-OH is 1. The van der Waals surface area contributed by atoms with Crippen LogP contribution < -0.4 is 5.32 Å². The third-order valence-electron chi connectivity index (χ3n) is 9.57. The zero-order valence-electron chi connectivity index (χ0n) is 25.4. The van der Waals surface area contributed by atoms with Crippen molar-refractivity contribution >= 4 is 17.4 Å². The number of pyridine rings is 1. The summed E-state index contributed by atoms with van der Waals surface area (Å²) >= 11 is 0. The van der Waals surface area contributed by atoms with Gasteiger partial charge in [0.05, 0.1) is 12.6 Å². The van der Waals surface area contributed by atoms with E-state index >= 15 is 0 Å². The van der Waals surface area contributed by atoms with Gasteiger partial charge < -0.3 is 15.0 Å². The Kier molecular flexibility index (Phi) is 10.5. The molecule has 2 atom stereocenters. The molecule has 0 bridgehead atoms. The summed E-state index contributed by atoms with van der Waals surface area (Å²) in [5.74, 6) is 1.55. The number of hydrogen-bond acceptors (Lipinski definition) is 3. The van der Waals surface area contributed by atoms with Gasteiger partial charge in [-0.25, -0.2) is 4.98 Å². The summed E-state index contributed by atoms with van der Waals surface area (Å²) in [6, 6.07) is 20.8. The number of amides is 1. The number of rotatable bonds is 8. The molecule has 1 fully saturated rings. The zero-order chi connectivity index (χ0) is 29.3. The lowest BCUT2D eigenvalue weighted by Crippen LogP contribution is -2.22. The second-order valence-electron chi connectivity index (χ2n) is 12.3. The molecule has 2 aromatic carbocycles. The van der Waals surface area contributed by atoms with Crippen molar-refractivity contribution in [2.45, 2.75) is 96.6 Å². The van der Waals surface area contributed by atoms with Crippen molar-refractivity contribution in [3.63, 3.8) is 0 Å². The molecule has 2 heterocycles. The lowest BCUT2D eigenvalue weighted by atomic mass is 9.82. The van der Waals surface area contributed by atoms with E-state index in [1.54, 1.807) is 5.56 Å². The fourth-order valence-electron chi connectivity index (χ4n) is 7.09. The molecular formula is C37H47N3O2. The number of aryl methyl sites for hydroxylation is 2. The van der Waals surface area contributed by atoms with E-state index in [1.807, 2.05) is 36.5 Å². The number of carbonyl (C=O) groups is 1. The van der Waals surface area contributed by atoms with Gasteiger partial charge >= 0.3 is 0 Å². The smallest absolute Gasteiger partial charge is 0.207 e. The average molecular weight is 566 g/mol. The van der Waals surface area contributed by atoms with Crippen LogP contribution in [0.25, 0.3) is 11.0 Å². The van der Waals surface area contributed by atoms with E-state index in [0.29, 0.717) is 12.3 Å². The van der Waals surface area contributed by atoms with Gasteiger partial charge in [-0.2, -0.15) is 0 Å². The Morgan fingerprint density at radius 3 is 2.33 bits per heavy atom. The van der Waals surface area contributed by atoms with E-state index in [4.69, 9.17) is 10.1 Å². The van der Waals surface area contributed by atoms with Gasteiger partial charge in [0.25, 0.3) is 0 Å². The van der Waals surface area contributed by atoms with Crippen molar-refractivity contribution in [3.8, 4) is 0 Å². The summed E-state index contributed by atoms with van der Waals surface area (Å²) in [6.45, 7) is 5.56. The van der Waals surface area contributed by atoms with Gasteiger partial charge in [0.15, 0.2) is 0 Å². The van der Waals surface area contributed by atoms with Gasteiger partial charge in [0.1, 0.15) is 5.65 Å². The van der Waals surface area contributed by atoms with E-state index in [0.717, 1.165) is 18.0 Å². The minimum Gasteiger partial charge on any atom is -0.394 e. The predicted octanol–water partition coefficient (Wildman–Crippen LogP) is 7.81. The monoisotopic (exact) mass is 565 g/mol. The Bertz CT molecular complexity index is 1420. The molecule has 5 heteroatoms. The molecule has 1 amide bonds. The maximum atomic E-state index is 10.1. The minimum atomic E-state index is -0.288. The van der Waals surface area contributed by atoms with Gasteiger partial charge in [-0.3, -0.25) is 4.79 Å². The van der Waals surface area contributed by atoms with Gasteiger partial charge in [-0.05, 0) is 91.2 Å². The number of nitrogens with one attached hydrogen (secondary N) is 1. The quantitative estimate of drug-likeness (QED) is 0.169. The highest BCUT2D eigenvalue weighted by Gasteiger charge is 2.23. The third-order valence-corrected chi connectivity index (χ3v) is 9.57. The van der Waals surface area contributed by atoms with Crippen molar-refractivity contribution in [2.24, 2.45) is 5.92 Å². The Morgan fingerprint density at radius 1 is 0.929 bits per heavy atom. The summed E-state index contributed by atoms with van der Waals surface area (Å²) in [6.07, 6.45) is 16.1. The molecule has 2 aliphatic rings. The number of hydrogen-bond donors (Lipinski definition) is 2. The van der Waals surface area contributed by atoms with Crippen LogP contribution in [0.2, 0.25) is 0 Å². The molecule has 4 aromatic rings. The molecule has 6 rings (SSSR count). The average Bonchev–Trinajstić information content (AvgIpc) is 3.16. The second kappa shape index (κ2) is 14.6. The number of carbonyl (C=O) groups excluding carboxylic acids is 1. The number of aliphatic hydroxyl groups is 1. The van der Waals surface area contributed by atoms with Gasteiger partial charge in [-0.1, -0.05) is 87.2 Å². The first-order valence-corrected chi connectivity index (χ1v) is 16.0. The standard InChI is InChI=1S/C28H36N2.C9H11NO2/c1-20-17-18-29-28-27(20)25-11-7-8-12-26(25)30(28)19-22-13-15-24(16-14-22)21(2)23-9-5-3-4-6-10-23;11-6-9(10-7-12)8-4-2-1-3-5-8/h13-18,21,23H,3-12,19H2,1-2H3;1-5,7,9,11H,6H2,(H,10,12)/t;9-/m.0/s1. The molecule has 42 heavy (non-hydrogen) atoms. The highest BCUT2D eigenvalue weighted by atomic mass is 16.3. The van der Waals surface area contributed by atoms with Crippen molar-refractivity contribution in [2.75, 3.05) is 6.61 Å². The van der Waals surface area contributed by atoms with Crippen LogP contribution in [-0.2, 0) is 24.2 Å². The van der Waals surface area contributed by atoms with Crippen LogP contribution >= 0.6 is 0 Å². The first-order chi connectivity index (χ1) is 20.6. The van der Waals surface area contributed by atoms with Crippen molar-refractivity contribution in [1.82, 2.24) is 14.9 Å². The lowest BCUT2D eigenvalue weighted by Gasteiger charge is -2.23. The molecule has 0 aliphatic heterocycles.